The fourth-order valence-corrected chi connectivity index (χ4v) is 0.434. The number of aliphatic carboxylic acids is 1. The molecule has 0 saturated carbocycles. The minimum Gasteiger partial charge on any atom is -0.480 e. The quantitative estimate of drug-likeness (QED) is 0.409. The largest absolute Gasteiger partial charge is 0.480 e. The maximum atomic E-state index is 9.96. The monoisotopic (exact) mass is 180 g/mol. The number of rotatable bonds is 3. The van der Waals surface area contributed by atoms with Gasteiger partial charge >= 0.3 is 5.97 Å². The van der Waals surface area contributed by atoms with Crippen molar-refractivity contribution >= 4 is 5.97 Å². The molecule has 0 saturated heterocycles. The molecule has 0 spiro atoms. The second kappa shape index (κ2) is 7.73. The van der Waals surface area contributed by atoms with Gasteiger partial charge in [0.05, 0.1) is 0 Å². The van der Waals surface area contributed by atoms with Gasteiger partial charge in [-0.15, -0.1) is 10.1 Å². The minimum atomic E-state index is -1.50. The van der Waals surface area contributed by atoms with E-state index >= 15 is 0 Å². The van der Waals surface area contributed by atoms with Crippen LogP contribution in [0.1, 0.15) is 19.8 Å². The summed E-state index contributed by atoms with van der Waals surface area (Å²) in [6.45, 7) is 1.91. The van der Waals surface area contributed by atoms with E-state index in [1.807, 2.05) is 6.92 Å². The van der Waals surface area contributed by atoms with Crippen LogP contribution in [-0.2, 0) is 4.79 Å². The number of hydrogen-bond acceptors (Lipinski definition) is 4. The van der Waals surface area contributed by atoms with Crippen LogP contribution in [-0.4, -0.2) is 27.4 Å². The minimum absolute atomic E-state index is 0.565. The van der Waals surface area contributed by atoms with E-state index < -0.39 is 17.1 Å². The Hall–Kier alpha value is -1.37. The molecule has 0 rings (SSSR count). The molecule has 0 aliphatic rings. The molecular weight excluding hydrogens is 168 g/mol. The van der Waals surface area contributed by atoms with Gasteiger partial charge in [0.1, 0.15) is 6.04 Å². The molecule has 1 atom stereocenters. The Bertz CT molecular complexity index is 145. The van der Waals surface area contributed by atoms with Crippen molar-refractivity contribution in [1.82, 2.24) is 0 Å². The molecule has 0 aliphatic carbocycles. The Labute approximate surface area is 68.9 Å². The average molecular weight is 180 g/mol. The first-order valence-electron chi connectivity index (χ1n) is 3.23. The molecule has 72 valence electrons. The molecule has 0 amide bonds. The Morgan fingerprint density at radius 2 is 2.08 bits per heavy atom. The molecule has 0 aromatic carbocycles. The zero-order valence-electron chi connectivity index (χ0n) is 6.64. The zero-order chi connectivity index (χ0) is 10.1. The highest BCUT2D eigenvalue weighted by atomic mass is 16.9. The molecule has 4 N–H and O–H groups in total. The Balaban J connectivity index is 0. The lowest BCUT2D eigenvalue weighted by molar-refractivity contribution is -0.742. The van der Waals surface area contributed by atoms with Crippen LogP contribution in [0.25, 0.3) is 0 Å². The topological polar surface area (TPSA) is 127 Å². The summed E-state index contributed by atoms with van der Waals surface area (Å²) < 4.78 is 0. The molecule has 0 radical (unpaired) electrons. The molecule has 0 aliphatic heterocycles. The van der Waals surface area contributed by atoms with E-state index in [0.717, 1.165) is 6.42 Å². The van der Waals surface area contributed by atoms with E-state index in [-0.39, 0.29) is 0 Å². The van der Waals surface area contributed by atoms with Crippen LogP contribution in [0.15, 0.2) is 0 Å². The highest BCUT2D eigenvalue weighted by Gasteiger charge is 2.07. The van der Waals surface area contributed by atoms with E-state index in [9.17, 15) is 4.79 Å². The first-order valence-corrected chi connectivity index (χ1v) is 3.23. The molecule has 0 fully saturated rings. The highest BCUT2D eigenvalue weighted by molar-refractivity contribution is 5.72. The van der Waals surface area contributed by atoms with Gasteiger partial charge in [-0.05, 0) is 6.42 Å². The maximum Gasteiger partial charge on any atom is 0.320 e. The van der Waals surface area contributed by atoms with Gasteiger partial charge in [0, 0.05) is 0 Å². The van der Waals surface area contributed by atoms with Gasteiger partial charge < -0.3 is 16.0 Å². The molecule has 1 unspecified atom stereocenters. The van der Waals surface area contributed by atoms with E-state index in [2.05, 4.69) is 0 Å². The number of carbonyl (C=O) groups is 1. The van der Waals surface area contributed by atoms with Crippen LogP contribution in [0.4, 0.5) is 0 Å². The first kappa shape index (κ1) is 13.2. The first-order chi connectivity index (χ1) is 5.41. The van der Waals surface area contributed by atoms with Crippen molar-refractivity contribution in [2.24, 2.45) is 5.73 Å². The normalized spacial score (nSPS) is 10.8. The van der Waals surface area contributed by atoms with Crippen LogP contribution in [0.5, 0.6) is 0 Å². The second-order valence-electron chi connectivity index (χ2n) is 1.97. The molecule has 0 aromatic heterocycles. The van der Waals surface area contributed by atoms with Gasteiger partial charge in [0.15, 0.2) is 0 Å². The van der Waals surface area contributed by atoms with Crippen molar-refractivity contribution in [1.29, 1.82) is 0 Å². The number of nitrogens with two attached hydrogens (primary N) is 1. The van der Waals surface area contributed by atoms with Crippen LogP contribution in [0, 0.1) is 10.1 Å². The fourth-order valence-electron chi connectivity index (χ4n) is 0.434. The molecule has 0 bridgehead atoms. The van der Waals surface area contributed by atoms with Gasteiger partial charge in [-0.2, -0.15) is 0 Å². The fraction of sp³-hybridized carbons (Fsp3) is 0.800. The standard InChI is InChI=1S/C5H11NO2.HNO3/c1-2-3-4(6)5(7)8;2-1(3)4/h4H,2-3,6H2,1H3,(H,7,8);(H,2,3,4). The van der Waals surface area contributed by atoms with Crippen LogP contribution >= 0.6 is 0 Å². The third-order valence-electron chi connectivity index (χ3n) is 0.917. The Morgan fingerprint density at radius 3 is 2.17 bits per heavy atom. The SMILES string of the molecule is CCCC(N)C(=O)O.O=[N+]([O-])O. The zero-order valence-corrected chi connectivity index (χ0v) is 6.64. The number of hydrogen-bond donors (Lipinski definition) is 3. The van der Waals surface area contributed by atoms with Crippen molar-refractivity contribution in [3.8, 4) is 0 Å². The summed E-state index contributed by atoms with van der Waals surface area (Å²) in [5.74, 6) is -0.910. The van der Waals surface area contributed by atoms with Crippen LogP contribution in [0.2, 0.25) is 0 Å². The van der Waals surface area contributed by atoms with Gasteiger partial charge in [-0.25, -0.2) is 0 Å². The lowest BCUT2D eigenvalue weighted by Gasteiger charge is -2.00. The van der Waals surface area contributed by atoms with Crippen LogP contribution in [0.3, 0.4) is 0 Å². The average Bonchev–Trinajstić information content (AvgIpc) is 1.86. The summed E-state index contributed by atoms with van der Waals surface area (Å²) >= 11 is 0. The number of nitrogens with zero attached hydrogens (tertiary/aromatic N) is 1. The van der Waals surface area contributed by atoms with Gasteiger partial charge in [0.2, 0.25) is 0 Å². The summed E-state index contributed by atoms with van der Waals surface area (Å²) in [6.07, 6.45) is 1.39. The Morgan fingerprint density at radius 1 is 1.75 bits per heavy atom. The highest BCUT2D eigenvalue weighted by Crippen LogP contribution is 1.91. The number of carboxylic acids is 1. The second-order valence-corrected chi connectivity index (χ2v) is 1.97. The molecule has 12 heavy (non-hydrogen) atoms. The third kappa shape index (κ3) is 15.9. The summed E-state index contributed by atoms with van der Waals surface area (Å²) in [5.41, 5.74) is 5.13. The maximum absolute atomic E-state index is 9.96. The van der Waals surface area contributed by atoms with E-state index in [1.165, 1.54) is 0 Å². The summed E-state index contributed by atoms with van der Waals surface area (Å²) in [7, 11) is 0. The van der Waals surface area contributed by atoms with E-state index in [4.69, 9.17) is 26.2 Å². The van der Waals surface area contributed by atoms with Crippen molar-refractivity contribution in [3.05, 3.63) is 10.1 Å². The molecular formula is C5H12N2O5. The van der Waals surface area contributed by atoms with Crippen molar-refractivity contribution in [2.75, 3.05) is 0 Å². The lowest BCUT2D eigenvalue weighted by Crippen LogP contribution is -2.29. The van der Waals surface area contributed by atoms with Gasteiger partial charge in [-0.3, -0.25) is 4.79 Å². The van der Waals surface area contributed by atoms with Crippen molar-refractivity contribution < 1.29 is 20.2 Å². The smallest absolute Gasteiger partial charge is 0.320 e. The van der Waals surface area contributed by atoms with Gasteiger partial charge in [0.25, 0.3) is 5.09 Å². The summed E-state index contributed by atoms with van der Waals surface area (Å²) in [5, 5.41) is 21.8. The Kier molecular flexibility index (Phi) is 8.53. The number of carboxylic acid groups (broad SMARTS) is 1. The molecule has 7 heteroatoms. The van der Waals surface area contributed by atoms with E-state index in [1.54, 1.807) is 0 Å². The lowest BCUT2D eigenvalue weighted by atomic mass is 10.2. The van der Waals surface area contributed by atoms with E-state index in [0.29, 0.717) is 6.42 Å². The predicted molar refractivity (Wildman–Crippen MR) is 39.3 cm³/mol. The summed E-state index contributed by atoms with van der Waals surface area (Å²) in [6, 6.07) is -0.667. The predicted octanol–water partition coefficient (Wildman–Crippen LogP) is -0.149. The van der Waals surface area contributed by atoms with Crippen molar-refractivity contribution in [3.63, 3.8) is 0 Å². The van der Waals surface area contributed by atoms with Crippen molar-refractivity contribution in [2.45, 2.75) is 25.8 Å². The van der Waals surface area contributed by atoms with Crippen LogP contribution < -0.4 is 5.73 Å². The summed E-state index contributed by atoms with van der Waals surface area (Å²) in [4.78, 5) is 18.3. The molecule has 0 heterocycles. The third-order valence-corrected chi connectivity index (χ3v) is 0.917. The molecule has 7 nitrogen and oxygen atoms in total. The van der Waals surface area contributed by atoms with Gasteiger partial charge in [-0.1, -0.05) is 13.3 Å². The molecule has 0 aromatic rings.